The van der Waals surface area contributed by atoms with Gasteiger partial charge in [-0.3, -0.25) is 0 Å². The first-order chi connectivity index (χ1) is 12.5. The van der Waals surface area contributed by atoms with Crippen LogP contribution in [0, 0.1) is 5.82 Å². The quantitative estimate of drug-likeness (QED) is 0.865. The molecule has 138 valence electrons. The van der Waals surface area contributed by atoms with Gasteiger partial charge in [-0.05, 0) is 49.5 Å². The molecule has 1 aliphatic heterocycles. The molecule has 0 radical (unpaired) electrons. The van der Waals surface area contributed by atoms with E-state index in [1.165, 1.54) is 17.7 Å². The molecule has 0 bridgehead atoms. The molecule has 2 amide bonds. The summed E-state index contributed by atoms with van der Waals surface area (Å²) in [5.74, 6) is 0.330. The first-order valence-electron chi connectivity index (χ1n) is 8.67. The third kappa shape index (κ3) is 4.95. The van der Waals surface area contributed by atoms with Gasteiger partial charge >= 0.3 is 6.03 Å². The van der Waals surface area contributed by atoms with Crippen LogP contribution in [-0.4, -0.2) is 49.1 Å². The molecule has 26 heavy (non-hydrogen) atoms. The Hall–Kier alpha value is -2.60. The minimum absolute atomic E-state index is 0.0449. The van der Waals surface area contributed by atoms with Crippen molar-refractivity contribution in [2.75, 3.05) is 27.2 Å². The molecular formula is C20H24FN3O2. The van der Waals surface area contributed by atoms with Gasteiger partial charge in [0, 0.05) is 13.1 Å². The van der Waals surface area contributed by atoms with Gasteiger partial charge in [-0.25, -0.2) is 9.18 Å². The number of nitrogens with zero attached hydrogens (tertiary/aromatic N) is 2. The first-order valence-corrected chi connectivity index (χ1v) is 8.67. The molecule has 1 heterocycles. The molecule has 0 saturated carbocycles. The van der Waals surface area contributed by atoms with Crippen LogP contribution in [0.25, 0.3) is 0 Å². The van der Waals surface area contributed by atoms with Gasteiger partial charge in [-0.2, -0.15) is 0 Å². The summed E-state index contributed by atoms with van der Waals surface area (Å²) in [5, 5.41) is 2.92. The minimum atomic E-state index is -0.290. The zero-order valence-corrected chi connectivity index (χ0v) is 15.1. The molecule has 5 nitrogen and oxygen atoms in total. The number of hydrogen-bond donors (Lipinski definition) is 1. The number of nitrogens with one attached hydrogen (secondary N) is 1. The summed E-state index contributed by atoms with van der Waals surface area (Å²) < 4.78 is 18.6. The van der Waals surface area contributed by atoms with E-state index in [-0.39, 0.29) is 18.0 Å². The Labute approximate surface area is 153 Å². The van der Waals surface area contributed by atoms with Crippen LogP contribution in [0.5, 0.6) is 5.75 Å². The van der Waals surface area contributed by atoms with Gasteiger partial charge in [0.1, 0.15) is 17.7 Å². The highest BCUT2D eigenvalue weighted by atomic mass is 19.1. The standard InChI is InChI=1S/C20H24FN3O2/c1-23(2)12-16-5-3-15(4-6-16)11-22-20(25)24-13-19(14-24)26-18-9-7-17(21)8-10-18/h3-10,19H,11-14H2,1-2H3,(H,22,25). The number of likely N-dealkylation sites (tertiary alicyclic amines) is 1. The second kappa shape index (κ2) is 8.19. The number of ether oxygens (including phenoxy) is 1. The normalized spacial score (nSPS) is 14.2. The van der Waals surface area contributed by atoms with Crippen LogP contribution in [0.1, 0.15) is 11.1 Å². The van der Waals surface area contributed by atoms with E-state index in [0.717, 1.165) is 12.1 Å². The smallest absolute Gasteiger partial charge is 0.317 e. The number of carbonyl (C=O) groups is 1. The molecule has 1 aliphatic rings. The number of halogens is 1. The third-order valence-electron chi connectivity index (χ3n) is 4.22. The molecule has 1 fully saturated rings. The lowest BCUT2D eigenvalue weighted by Gasteiger charge is -2.38. The molecule has 3 rings (SSSR count). The second-order valence-corrected chi connectivity index (χ2v) is 6.81. The molecule has 0 atom stereocenters. The van der Waals surface area contributed by atoms with Crippen LogP contribution in [0.2, 0.25) is 0 Å². The Balaban J connectivity index is 1.39. The fourth-order valence-electron chi connectivity index (χ4n) is 2.80. The molecule has 1 N–H and O–H groups in total. The van der Waals surface area contributed by atoms with Crippen molar-refractivity contribution < 1.29 is 13.9 Å². The molecule has 2 aromatic rings. The largest absolute Gasteiger partial charge is 0.487 e. The maximum Gasteiger partial charge on any atom is 0.317 e. The Morgan fingerprint density at radius 3 is 2.35 bits per heavy atom. The van der Waals surface area contributed by atoms with E-state index in [1.54, 1.807) is 17.0 Å². The Morgan fingerprint density at radius 2 is 1.73 bits per heavy atom. The van der Waals surface area contributed by atoms with E-state index in [4.69, 9.17) is 4.74 Å². The fraction of sp³-hybridized carbons (Fsp3) is 0.350. The summed E-state index contributed by atoms with van der Waals surface area (Å²) in [6.45, 7) is 2.47. The lowest BCUT2D eigenvalue weighted by atomic mass is 10.1. The molecule has 0 aliphatic carbocycles. The molecule has 0 aromatic heterocycles. The number of carbonyl (C=O) groups excluding carboxylic acids is 1. The van der Waals surface area contributed by atoms with Gasteiger partial charge in [-0.15, -0.1) is 0 Å². The number of urea groups is 1. The number of benzene rings is 2. The van der Waals surface area contributed by atoms with Gasteiger partial charge in [0.05, 0.1) is 13.1 Å². The van der Waals surface area contributed by atoms with Crippen LogP contribution in [0.15, 0.2) is 48.5 Å². The monoisotopic (exact) mass is 357 g/mol. The summed E-state index contributed by atoms with van der Waals surface area (Å²) in [6.07, 6.45) is -0.0449. The highest BCUT2D eigenvalue weighted by Crippen LogP contribution is 2.18. The van der Waals surface area contributed by atoms with E-state index in [1.807, 2.05) is 26.2 Å². The van der Waals surface area contributed by atoms with Crippen molar-refractivity contribution in [3.8, 4) is 5.75 Å². The lowest BCUT2D eigenvalue weighted by molar-refractivity contribution is 0.0443. The van der Waals surface area contributed by atoms with Crippen LogP contribution in [0.3, 0.4) is 0 Å². The number of rotatable bonds is 6. The molecule has 0 spiro atoms. The van der Waals surface area contributed by atoms with E-state index < -0.39 is 0 Å². The van der Waals surface area contributed by atoms with E-state index in [2.05, 4.69) is 22.3 Å². The molecular weight excluding hydrogens is 333 g/mol. The lowest BCUT2D eigenvalue weighted by Crippen LogP contribution is -2.58. The molecule has 0 unspecified atom stereocenters. The van der Waals surface area contributed by atoms with Gasteiger partial charge in [0.2, 0.25) is 0 Å². The second-order valence-electron chi connectivity index (χ2n) is 6.81. The summed E-state index contributed by atoms with van der Waals surface area (Å²) in [4.78, 5) is 16.0. The van der Waals surface area contributed by atoms with Gasteiger partial charge in [0.25, 0.3) is 0 Å². The van der Waals surface area contributed by atoms with Gasteiger partial charge < -0.3 is 19.9 Å². The van der Waals surface area contributed by atoms with Crippen LogP contribution in [-0.2, 0) is 13.1 Å². The summed E-state index contributed by atoms with van der Waals surface area (Å²) in [5.41, 5.74) is 2.31. The van der Waals surface area contributed by atoms with Crippen LogP contribution >= 0.6 is 0 Å². The number of amides is 2. The van der Waals surface area contributed by atoms with E-state index in [9.17, 15) is 9.18 Å². The molecule has 1 saturated heterocycles. The molecule has 6 heteroatoms. The Bertz CT molecular complexity index is 726. The number of hydrogen-bond acceptors (Lipinski definition) is 3. The van der Waals surface area contributed by atoms with Crippen molar-refractivity contribution in [3.63, 3.8) is 0 Å². The first kappa shape index (κ1) is 18.2. The zero-order chi connectivity index (χ0) is 18.5. The average molecular weight is 357 g/mol. The summed E-state index contributed by atoms with van der Waals surface area (Å²) in [6, 6.07) is 14.1. The predicted octanol–water partition coefficient (Wildman–Crippen LogP) is 2.86. The van der Waals surface area contributed by atoms with Gasteiger partial charge in [0.15, 0.2) is 0 Å². The van der Waals surface area contributed by atoms with E-state index >= 15 is 0 Å². The SMILES string of the molecule is CN(C)Cc1ccc(CNC(=O)N2CC(Oc3ccc(F)cc3)C2)cc1. The maximum absolute atomic E-state index is 12.9. The minimum Gasteiger partial charge on any atom is -0.487 e. The van der Waals surface area contributed by atoms with Crippen LogP contribution in [0.4, 0.5) is 9.18 Å². The van der Waals surface area contributed by atoms with Crippen molar-refractivity contribution in [2.24, 2.45) is 0 Å². The highest BCUT2D eigenvalue weighted by molar-refractivity contribution is 5.75. The van der Waals surface area contributed by atoms with Crippen molar-refractivity contribution in [3.05, 3.63) is 65.5 Å². The summed E-state index contributed by atoms with van der Waals surface area (Å²) >= 11 is 0. The Kier molecular flexibility index (Phi) is 5.73. The maximum atomic E-state index is 12.9. The zero-order valence-electron chi connectivity index (χ0n) is 15.1. The van der Waals surface area contributed by atoms with Crippen molar-refractivity contribution in [1.29, 1.82) is 0 Å². The van der Waals surface area contributed by atoms with Crippen molar-refractivity contribution in [1.82, 2.24) is 15.1 Å². The van der Waals surface area contributed by atoms with Crippen molar-refractivity contribution >= 4 is 6.03 Å². The van der Waals surface area contributed by atoms with Gasteiger partial charge in [-0.1, -0.05) is 24.3 Å². The predicted molar refractivity (Wildman–Crippen MR) is 98.5 cm³/mol. The van der Waals surface area contributed by atoms with E-state index in [0.29, 0.717) is 25.4 Å². The average Bonchev–Trinajstić information content (AvgIpc) is 2.58. The van der Waals surface area contributed by atoms with Crippen molar-refractivity contribution in [2.45, 2.75) is 19.2 Å². The fourth-order valence-corrected chi connectivity index (χ4v) is 2.80. The summed E-state index contributed by atoms with van der Waals surface area (Å²) in [7, 11) is 4.07. The topological polar surface area (TPSA) is 44.8 Å². The molecule has 2 aromatic carbocycles. The Morgan fingerprint density at radius 1 is 1.12 bits per heavy atom. The third-order valence-corrected chi connectivity index (χ3v) is 4.22. The van der Waals surface area contributed by atoms with Crippen LogP contribution < -0.4 is 10.1 Å². The highest BCUT2D eigenvalue weighted by Gasteiger charge is 2.32.